The Bertz CT molecular complexity index is 846. The van der Waals surface area contributed by atoms with E-state index in [2.05, 4.69) is 96.1 Å². The molecule has 0 bridgehead atoms. The van der Waals surface area contributed by atoms with Gasteiger partial charge in [-0.2, -0.15) is 0 Å². The molecule has 0 spiro atoms. The van der Waals surface area contributed by atoms with Crippen LogP contribution < -0.4 is 67.9 Å². The molecule has 208 valence electrons. The van der Waals surface area contributed by atoms with Crippen molar-refractivity contribution in [3.8, 4) is 0 Å². The Labute approximate surface area is 242 Å². The van der Waals surface area contributed by atoms with Crippen LogP contribution in [0.15, 0.2) is 74.9 Å². The molecule has 36 heavy (non-hydrogen) atoms. The molecule has 0 aromatic carbocycles. The zero-order valence-electron chi connectivity index (χ0n) is 22.8. The molecule has 0 N–H and O–H groups in total. The van der Waals surface area contributed by atoms with Gasteiger partial charge in [-0.05, 0) is 27.7 Å². The number of halogens is 4. The van der Waals surface area contributed by atoms with Crippen molar-refractivity contribution in [1.29, 1.82) is 0 Å². The molecule has 4 aromatic heterocycles. The first-order valence-corrected chi connectivity index (χ1v) is 11.3. The average Bonchev–Trinajstić information content (AvgIpc) is 3.58. The van der Waals surface area contributed by atoms with Crippen LogP contribution in [0.1, 0.15) is 27.7 Å². The molecule has 4 heterocycles. The van der Waals surface area contributed by atoms with Gasteiger partial charge in [-0.3, -0.25) is 0 Å². The SMILES string of the molecule is CCn1cc[n+](C)c1.CCn1cc[n+](C)c1.CCn1cc[n+](C)c1.CCn1cc[n+](C)c1.[Cl-].[Cl-].[Cl-].[Cl-]. The van der Waals surface area contributed by atoms with E-state index < -0.39 is 0 Å². The summed E-state index contributed by atoms with van der Waals surface area (Å²) in [6, 6.07) is 0. The molecule has 0 saturated heterocycles. The lowest BCUT2D eigenvalue weighted by atomic mass is 10.7. The molecule has 4 rings (SSSR count). The van der Waals surface area contributed by atoms with Crippen molar-refractivity contribution < 1.29 is 67.9 Å². The fourth-order valence-electron chi connectivity index (χ4n) is 2.76. The van der Waals surface area contributed by atoms with Crippen LogP contribution >= 0.6 is 0 Å². The van der Waals surface area contributed by atoms with E-state index in [-0.39, 0.29) is 49.6 Å². The number of nitrogens with zero attached hydrogens (tertiary/aromatic N) is 8. The van der Waals surface area contributed by atoms with Gasteiger partial charge in [0.1, 0.15) is 49.6 Å². The summed E-state index contributed by atoms with van der Waals surface area (Å²) in [5.74, 6) is 0. The molecule has 12 heteroatoms. The molecule has 0 radical (unpaired) electrons. The second kappa shape index (κ2) is 23.4. The number of aryl methyl sites for hydroxylation is 8. The molecule has 0 atom stereocenters. The first-order chi connectivity index (χ1) is 15.3. The van der Waals surface area contributed by atoms with Gasteiger partial charge in [0.2, 0.25) is 25.3 Å². The molecular weight excluding hydrogens is 542 g/mol. The average molecular weight is 586 g/mol. The van der Waals surface area contributed by atoms with Gasteiger partial charge in [0, 0.05) is 0 Å². The molecule has 0 fully saturated rings. The van der Waals surface area contributed by atoms with Crippen LogP contribution in [-0.2, 0) is 54.4 Å². The summed E-state index contributed by atoms with van der Waals surface area (Å²) < 4.78 is 16.6. The van der Waals surface area contributed by atoms with Gasteiger partial charge in [-0.25, -0.2) is 36.5 Å². The minimum Gasteiger partial charge on any atom is -1.00 e. The highest BCUT2D eigenvalue weighted by Crippen LogP contribution is 1.81. The first-order valence-electron chi connectivity index (χ1n) is 11.3. The Balaban J connectivity index is -0.000000183. The van der Waals surface area contributed by atoms with Gasteiger partial charge < -0.3 is 49.6 Å². The zero-order chi connectivity index (χ0) is 23.9. The molecule has 0 saturated carbocycles. The van der Waals surface area contributed by atoms with Gasteiger partial charge in [-0.1, -0.05) is 0 Å². The predicted molar refractivity (Wildman–Crippen MR) is 125 cm³/mol. The van der Waals surface area contributed by atoms with E-state index >= 15 is 0 Å². The zero-order valence-corrected chi connectivity index (χ0v) is 25.9. The second-order valence-electron chi connectivity index (χ2n) is 7.64. The highest BCUT2D eigenvalue weighted by molar-refractivity contribution is 4.65. The third kappa shape index (κ3) is 17.4. The first kappa shape index (κ1) is 41.1. The van der Waals surface area contributed by atoms with Gasteiger partial charge in [-0.15, -0.1) is 0 Å². The topological polar surface area (TPSA) is 35.2 Å². The van der Waals surface area contributed by atoms with Crippen molar-refractivity contribution in [3.05, 3.63) is 74.9 Å². The summed E-state index contributed by atoms with van der Waals surface area (Å²) in [5.41, 5.74) is 0. The second-order valence-corrected chi connectivity index (χ2v) is 7.64. The molecular formula is C24H44Cl4N8. The standard InChI is InChI=1S/4C6H11N2.4ClH/c4*1-3-8-5-4-7(2)6-8;;;;/h4*4-6H,3H2,1-2H3;4*1H/q4*+1;;;;/p-4. The van der Waals surface area contributed by atoms with Gasteiger partial charge >= 0.3 is 0 Å². The Morgan fingerprint density at radius 3 is 0.611 bits per heavy atom. The summed E-state index contributed by atoms with van der Waals surface area (Å²) in [6.45, 7) is 12.7. The third-order valence-electron chi connectivity index (χ3n) is 4.76. The number of hydrogen-bond donors (Lipinski definition) is 0. The van der Waals surface area contributed by atoms with Crippen LogP contribution in [0, 0.1) is 0 Å². The van der Waals surface area contributed by atoms with Crippen molar-refractivity contribution >= 4 is 0 Å². The van der Waals surface area contributed by atoms with Crippen LogP contribution in [0.5, 0.6) is 0 Å². The molecule has 0 aliphatic carbocycles. The van der Waals surface area contributed by atoms with Crippen molar-refractivity contribution in [2.75, 3.05) is 0 Å². The molecule has 8 nitrogen and oxygen atoms in total. The molecule has 0 aliphatic heterocycles. The largest absolute Gasteiger partial charge is 1.00 e. The van der Waals surface area contributed by atoms with Crippen molar-refractivity contribution in [3.63, 3.8) is 0 Å². The third-order valence-corrected chi connectivity index (χ3v) is 4.76. The highest BCUT2D eigenvalue weighted by atomic mass is 35.5. The lowest BCUT2D eigenvalue weighted by Gasteiger charge is -1.81. The summed E-state index contributed by atoms with van der Waals surface area (Å²) in [6.07, 6.45) is 24.6. The van der Waals surface area contributed by atoms with E-state index in [1.54, 1.807) is 0 Å². The van der Waals surface area contributed by atoms with Crippen LogP contribution in [0.3, 0.4) is 0 Å². The van der Waals surface area contributed by atoms with E-state index in [9.17, 15) is 0 Å². The van der Waals surface area contributed by atoms with E-state index in [4.69, 9.17) is 0 Å². The maximum absolute atomic E-state index is 2.12. The molecule has 4 aromatic rings. The molecule has 0 amide bonds. The maximum atomic E-state index is 2.12. The van der Waals surface area contributed by atoms with Crippen LogP contribution in [0.4, 0.5) is 0 Å². The lowest BCUT2D eigenvalue weighted by Crippen LogP contribution is -3.00. The van der Waals surface area contributed by atoms with Crippen molar-refractivity contribution in [2.24, 2.45) is 28.2 Å². The van der Waals surface area contributed by atoms with E-state index in [1.807, 2.05) is 71.2 Å². The number of aromatic nitrogens is 8. The highest BCUT2D eigenvalue weighted by Gasteiger charge is 1.94. The lowest BCUT2D eigenvalue weighted by molar-refractivity contribution is -0.671. The van der Waals surface area contributed by atoms with E-state index in [0.29, 0.717) is 0 Å². The Morgan fingerprint density at radius 2 is 0.556 bits per heavy atom. The normalized spacial score (nSPS) is 8.67. The minimum atomic E-state index is 0. The Morgan fingerprint density at radius 1 is 0.389 bits per heavy atom. The van der Waals surface area contributed by atoms with Crippen LogP contribution in [-0.4, -0.2) is 18.3 Å². The van der Waals surface area contributed by atoms with Gasteiger partial charge in [0.15, 0.2) is 0 Å². The smallest absolute Gasteiger partial charge is 0.243 e. The van der Waals surface area contributed by atoms with Crippen LogP contribution in [0.25, 0.3) is 0 Å². The van der Waals surface area contributed by atoms with E-state index in [0.717, 1.165) is 26.2 Å². The van der Waals surface area contributed by atoms with Gasteiger partial charge in [0.25, 0.3) is 0 Å². The monoisotopic (exact) mass is 584 g/mol. The molecule has 0 aliphatic rings. The minimum absolute atomic E-state index is 0. The predicted octanol–water partition coefficient (Wildman–Crippen LogP) is -10.7. The fourth-order valence-corrected chi connectivity index (χ4v) is 2.76. The van der Waals surface area contributed by atoms with Crippen molar-refractivity contribution in [1.82, 2.24) is 18.3 Å². The van der Waals surface area contributed by atoms with Crippen LogP contribution in [0.2, 0.25) is 0 Å². The summed E-state index contributed by atoms with van der Waals surface area (Å²) in [7, 11) is 8.08. The van der Waals surface area contributed by atoms with E-state index in [1.165, 1.54) is 0 Å². The summed E-state index contributed by atoms with van der Waals surface area (Å²) in [4.78, 5) is 0. The number of hydrogen-bond acceptors (Lipinski definition) is 0. The van der Waals surface area contributed by atoms with Gasteiger partial charge in [0.05, 0.1) is 54.4 Å². The summed E-state index contributed by atoms with van der Waals surface area (Å²) >= 11 is 0. The summed E-state index contributed by atoms with van der Waals surface area (Å²) in [5, 5.41) is 0. The molecule has 0 unspecified atom stereocenters. The Hall–Kier alpha value is -2.00. The maximum Gasteiger partial charge on any atom is 0.243 e. The number of imidazole rings is 4. The number of rotatable bonds is 4. The quantitative estimate of drug-likeness (QED) is 0.213. The van der Waals surface area contributed by atoms with Crippen molar-refractivity contribution in [2.45, 2.75) is 53.9 Å². The fraction of sp³-hybridized carbons (Fsp3) is 0.500. The Kier molecular flexibility index (Phi) is 26.7.